The van der Waals surface area contributed by atoms with Crippen molar-refractivity contribution in [1.29, 1.82) is 5.26 Å². The number of hydrogen-bond donors (Lipinski definition) is 1. The Balaban J connectivity index is 1.47. The number of aromatic nitrogens is 3. The zero-order valence-corrected chi connectivity index (χ0v) is 20.6. The molecule has 4 heterocycles. The Morgan fingerprint density at radius 2 is 1.94 bits per heavy atom. The number of ether oxygens (including phenoxy) is 1. The number of fused-ring (bicyclic) bond motifs is 2. The van der Waals surface area contributed by atoms with Gasteiger partial charge in [-0.2, -0.15) is 5.26 Å². The van der Waals surface area contributed by atoms with Crippen LogP contribution in [0, 0.1) is 17.2 Å². The Hall–Kier alpha value is -3.89. The van der Waals surface area contributed by atoms with Crippen molar-refractivity contribution in [3.05, 3.63) is 60.6 Å². The van der Waals surface area contributed by atoms with Crippen molar-refractivity contribution in [2.75, 3.05) is 38.2 Å². The van der Waals surface area contributed by atoms with Crippen molar-refractivity contribution in [3.63, 3.8) is 0 Å². The first-order chi connectivity index (χ1) is 17.7. The van der Waals surface area contributed by atoms with Crippen LogP contribution in [0.4, 0.5) is 5.69 Å². The first kappa shape index (κ1) is 22.6. The molecule has 7 nitrogen and oxygen atoms in total. The van der Waals surface area contributed by atoms with Gasteiger partial charge >= 0.3 is 0 Å². The zero-order valence-electron chi connectivity index (χ0n) is 20.6. The van der Waals surface area contributed by atoms with Crippen LogP contribution in [0.1, 0.15) is 24.8 Å². The Morgan fingerprint density at radius 3 is 2.81 bits per heavy atom. The summed E-state index contributed by atoms with van der Waals surface area (Å²) < 4.78 is 8.25. The zero-order chi connectivity index (χ0) is 24.5. The summed E-state index contributed by atoms with van der Waals surface area (Å²) in [6, 6.07) is 16.2. The van der Waals surface area contributed by atoms with E-state index in [0.29, 0.717) is 18.1 Å². The molecule has 6 rings (SSSR count). The third-order valence-corrected chi connectivity index (χ3v) is 7.45. The van der Waals surface area contributed by atoms with Gasteiger partial charge in [-0.15, -0.1) is 0 Å². The molecular weight excluding hydrogens is 448 g/mol. The van der Waals surface area contributed by atoms with Crippen LogP contribution >= 0.6 is 0 Å². The van der Waals surface area contributed by atoms with Gasteiger partial charge in [-0.05, 0) is 68.1 Å². The van der Waals surface area contributed by atoms with E-state index in [-0.39, 0.29) is 0 Å². The Kier molecular flexibility index (Phi) is 6.04. The van der Waals surface area contributed by atoms with E-state index in [2.05, 4.69) is 46.1 Å². The fourth-order valence-corrected chi connectivity index (χ4v) is 5.43. The molecule has 1 atom stereocenters. The highest BCUT2D eigenvalue weighted by Crippen LogP contribution is 2.40. The van der Waals surface area contributed by atoms with Crippen molar-refractivity contribution in [3.8, 4) is 34.2 Å². The predicted octanol–water partition coefficient (Wildman–Crippen LogP) is 4.86. The predicted molar refractivity (Wildman–Crippen MR) is 142 cm³/mol. The van der Waals surface area contributed by atoms with Crippen molar-refractivity contribution in [1.82, 2.24) is 19.9 Å². The van der Waals surface area contributed by atoms with E-state index in [4.69, 9.17) is 14.7 Å². The lowest BCUT2D eigenvalue weighted by molar-refractivity contribution is 0.311. The van der Waals surface area contributed by atoms with E-state index in [9.17, 15) is 5.26 Å². The number of rotatable bonds is 4. The standard InChI is InChI=1S/C29H30N6O/c1-34-13-14-36-26-15-23(8-9-24(26)34)28-27(22-6-4-20(16-30)5-7-22)29-25(17-32-28)35(19-33-29)18-21-3-2-11-31-12-10-21/h4-9,15,17,19,21,31H,2-3,10-14,18H2,1H3. The number of pyridine rings is 1. The Labute approximate surface area is 211 Å². The van der Waals surface area contributed by atoms with E-state index in [1.165, 1.54) is 19.3 Å². The van der Waals surface area contributed by atoms with Crippen LogP contribution in [-0.2, 0) is 6.54 Å². The minimum Gasteiger partial charge on any atom is -0.490 e. The molecule has 0 bridgehead atoms. The molecule has 1 unspecified atom stereocenters. The van der Waals surface area contributed by atoms with Gasteiger partial charge in [-0.3, -0.25) is 4.98 Å². The molecule has 0 spiro atoms. The minimum atomic E-state index is 0.630. The van der Waals surface area contributed by atoms with Crippen molar-refractivity contribution >= 4 is 16.7 Å². The monoisotopic (exact) mass is 478 g/mol. The van der Waals surface area contributed by atoms with Gasteiger partial charge in [0.05, 0.1) is 47.6 Å². The lowest BCUT2D eigenvalue weighted by Crippen LogP contribution is -2.28. The second kappa shape index (κ2) is 9.63. The van der Waals surface area contributed by atoms with Crippen molar-refractivity contribution < 1.29 is 4.74 Å². The summed E-state index contributed by atoms with van der Waals surface area (Å²) in [5, 5.41) is 12.8. The number of anilines is 1. The number of benzene rings is 2. The summed E-state index contributed by atoms with van der Waals surface area (Å²) in [6.07, 6.45) is 7.55. The maximum absolute atomic E-state index is 9.32. The van der Waals surface area contributed by atoms with Crippen LogP contribution < -0.4 is 15.0 Å². The average Bonchev–Trinajstić information content (AvgIpc) is 3.13. The third-order valence-electron chi connectivity index (χ3n) is 7.45. The van der Waals surface area contributed by atoms with Crippen LogP contribution in [0.15, 0.2) is 55.0 Å². The second-order valence-electron chi connectivity index (χ2n) is 9.80. The average molecular weight is 479 g/mol. The van der Waals surface area contributed by atoms with E-state index >= 15 is 0 Å². The fourth-order valence-electron chi connectivity index (χ4n) is 5.43. The molecule has 0 amide bonds. The van der Waals surface area contributed by atoms with E-state index < -0.39 is 0 Å². The summed E-state index contributed by atoms with van der Waals surface area (Å²) >= 11 is 0. The third kappa shape index (κ3) is 4.18. The molecule has 4 aromatic rings. The molecule has 1 saturated heterocycles. The van der Waals surface area contributed by atoms with Crippen LogP contribution in [0.25, 0.3) is 33.4 Å². The molecule has 1 N–H and O–H groups in total. The lowest BCUT2D eigenvalue weighted by atomic mass is 9.96. The SMILES string of the molecule is CN1CCOc2cc(-c3ncc4c(ncn4CC4CCCNCC4)c3-c3ccc(C#N)cc3)ccc21. The number of likely N-dealkylation sites (N-methyl/N-ethyl adjacent to an activating group) is 1. The highest BCUT2D eigenvalue weighted by atomic mass is 16.5. The lowest BCUT2D eigenvalue weighted by Gasteiger charge is -2.28. The summed E-state index contributed by atoms with van der Waals surface area (Å²) in [5.41, 5.74) is 7.57. The molecule has 2 aromatic heterocycles. The number of nitrogens with one attached hydrogen (secondary N) is 1. The normalized spacial score (nSPS) is 17.8. The highest BCUT2D eigenvalue weighted by molar-refractivity contribution is 5.99. The Morgan fingerprint density at radius 1 is 1.08 bits per heavy atom. The molecule has 2 aromatic carbocycles. The number of nitriles is 1. The van der Waals surface area contributed by atoms with Crippen molar-refractivity contribution in [2.24, 2.45) is 5.92 Å². The molecule has 2 aliphatic heterocycles. The van der Waals surface area contributed by atoms with Crippen LogP contribution in [0.5, 0.6) is 5.75 Å². The first-order valence-corrected chi connectivity index (χ1v) is 12.7. The van der Waals surface area contributed by atoms with Crippen molar-refractivity contribution in [2.45, 2.75) is 25.8 Å². The molecule has 0 aliphatic carbocycles. The minimum absolute atomic E-state index is 0.630. The second-order valence-corrected chi connectivity index (χ2v) is 9.80. The fraction of sp³-hybridized carbons (Fsp3) is 0.345. The van der Waals surface area contributed by atoms with Gasteiger partial charge in [0.2, 0.25) is 0 Å². The molecule has 182 valence electrons. The highest BCUT2D eigenvalue weighted by Gasteiger charge is 2.21. The van der Waals surface area contributed by atoms with Gasteiger partial charge in [0, 0.05) is 24.7 Å². The molecule has 0 radical (unpaired) electrons. The van der Waals surface area contributed by atoms with E-state index in [1.807, 2.05) is 36.8 Å². The summed E-state index contributed by atoms with van der Waals surface area (Å²) in [6.45, 7) is 4.68. The van der Waals surface area contributed by atoms with Gasteiger partial charge in [-0.1, -0.05) is 18.2 Å². The maximum Gasteiger partial charge on any atom is 0.143 e. The largest absolute Gasteiger partial charge is 0.490 e. The van der Waals surface area contributed by atoms with Gasteiger partial charge in [-0.25, -0.2) is 4.98 Å². The summed E-state index contributed by atoms with van der Waals surface area (Å²) in [5.74, 6) is 1.51. The van der Waals surface area contributed by atoms with E-state index in [1.54, 1.807) is 0 Å². The maximum atomic E-state index is 9.32. The van der Waals surface area contributed by atoms with Crippen LogP contribution in [0.2, 0.25) is 0 Å². The molecular formula is C29H30N6O. The smallest absolute Gasteiger partial charge is 0.143 e. The summed E-state index contributed by atoms with van der Waals surface area (Å²) in [4.78, 5) is 12.1. The van der Waals surface area contributed by atoms with Gasteiger partial charge in [0.15, 0.2) is 0 Å². The molecule has 0 saturated carbocycles. The van der Waals surface area contributed by atoms with E-state index in [0.717, 1.165) is 71.0 Å². The quantitative estimate of drug-likeness (QED) is 0.452. The molecule has 2 aliphatic rings. The molecule has 1 fully saturated rings. The van der Waals surface area contributed by atoms with Crippen LogP contribution in [0.3, 0.4) is 0 Å². The first-order valence-electron chi connectivity index (χ1n) is 12.7. The Bertz CT molecular complexity index is 1430. The molecule has 7 heteroatoms. The van der Waals surface area contributed by atoms with Crippen LogP contribution in [-0.4, -0.2) is 47.8 Å². The summed E-state index contributed by atoms with van der Waals surface area (Å²) in [7, 11) is 2.09. The topological polar surface area (TPSA) is 79.0 Å². The van der Waals surface area contributed by atoms with Gasteiger partial charge in [0.25, 0.3) is 0 Å². The number of imidazole rings is 1. The van der Waals surface area contributed by atoms with Gasteiger partial charge in [0.1, 0.15) is 17.9 Å². The van der Waals surface area contributed by atoms with Gasteiger partial charge < -0.3 is 19.5 Å². The molecule has 36 heavy (non-hydrogen) atoms. The number of nitrogens with zero attached hydrogens (tertiary/aromatic N) is 5. The number of hydrogen-bond acceptors (Lipinski definition) is 6.